The van der Waals surface area contributed by atoms with Gasteiger partial charge in [-0.05, 0) is 49.2 Å². The van der Waals surface area contributed by atoms with Gasteiger partial charge in [-0.15, -0.1) is 0 Å². The molecule has 3 rings (SSSR count). The summed E-state index contributed by atoms with van der Waals surface area (Å²) in [4.78, 5) is 16.3. The van der Waals surface area contributed by atoms with Gasteiger partial charge in [0.2, 0.25) is 0 Å². The van der Waals surface area contributed by atoms with Gasteiger partial charge >= 0.3 is 5.17 Å². The van der Waals surface area contributed by atoms with Crippen LogP contribution in [0, 0.1) is 0 Å². The quantitative estimate of drug-likeness (QED) is 0.776. The summed E-state index contributed by atoms with van der Waals surface area (Å²) in [5.74, 6) is -0.135. The van der Waals surface area contributed by atoms with Crippen LogP contribution in [0.4, 0.5) is 5.69 Å². The molecule has 1 amide bonds. The van der Waals surface area contributed by atoms with Gasteiger partial charge in [0.05, 0.1) is 0 Å². The molecule has 0 fully saturated rings. The molecule has 128 valence electrons. The maximum Gasteiger partial charge on any atom is 0.309 e. The Bertz CT molecular complexity index is 832. The van der Waals surface area contributed by atoms with Crippen molar-refractivity contribution >= 4 is 40.1 Å². The van der Waals surface area contributed by atoms with Crippen LogP contribution >= 0.6 is 23.4 Å². The first kappa shape index (κ1) is 17.6. The highest BCUT2D eigenvalue weighted by Gasteiger charge is 2.33. The fraction of sp³-hybridized carbons (Fsp3) is 0.158. The molecule has 1 unspecified atom stereocenters. The van der Waals surface area contributed by atoms with Crippen molar-refractivity contribution in [3.63, 3.8) is 0 Å². The van der Waals surface area contributed by atoms with E-state index in [1.807, 2.05) is 67.8 Å². The molecule has 1 aliphatic rings. The molecule has 2 aromatic rings. The Morgan fingerprint density at radius 3 is 2.48 bits per heavy atom. The molecule has 0 bridgehead atoms. The standard InChI is InChI=1S/C19H18ClN3OS/c1-12-16(18(24)22-15-6-4-3-5-7-15)17(23-19(21-12)25-2)13-8-10-14(20)11-9-13/h3-11,17H,1-2H3,(H,21,23)(H,22,24)/p+1. The molecule has 4 nitrogen and oxygen atoms in total. The molecule has 3 N–H and O–H groups in total. The number of allylic oxidation sites excluding steroid dienone is 1. The average Bonchev–Trinajstić information content (AvgIpc) is 2.62. The number of nitrogens with one attached hydrogen (secondary N) is 3. The van der Waals surface area contributed by atoms with Crippen molar-refractivity contribution in [3.05, 3.63) is 76.5 Å². The van der Waals surface area contributed by atoms with Crippen molar-refractivity contribution in [2.24, 2.45) is 0 Å². The van der Waals surface area contributed by atoms with Crippen LogP contribution in [-0.4, -0.2) is 17.3 Å². The summed E-state index contributed by atoms with van der Waals surface area (Å²) >= 11 is 7.58. The fourth-order valence-corrected chi connectivity index (χ4v) is 3.35. The van der Waals surface area contributed by atoms with E-state index in [0.29, 0.717) is 10.6 Å². The minimum absolute atomic E-state index is 0.135. The number of carbonyl (C=O) groups excluding carboxylic acids is 1. The number of amides is 1. The molecule has 1 aliphatic heterocycles. The zero-order valence-electron chi connectivity index (χ0n) is 14.0. The predicted molar refractivity (Wildman–Crippen MR) is 105 cm³/mol. The first-order chi connectivity index (χ1) is 12.1. The Hall–Kier alpha value is -2.24. The highest BCUT2D eigenvalue weighted by atomic mass is 35.5. The van der Waals surface area contributed by atoms with Gasteiger partial charge in [0.15, 0.2) is 6.04 Å². The van der Waals surface area contributed by atoms with Gasteiger partial charge in [-0.1, -0.05) is 41.9 Å². The molecule has 0 saturated carbocycles. The smallest absolute Gasteiger partial charge is 0.309 e. The van der Waals surface area contributed by atoms with Crippen LogP contribution in [0.3, 0.4) is 0 Å². The van der Waals surface area contributed by atoms with Crippen molar-refractivity contribution in [2.75, 3.05) is 11.6 Å². The summed E-state index contributed by atoms with van der Waals surface area (Å²) in [6.07, 6.45) is 1.98. The van der Waals surface area contributed by atoms with E-state index in [2.05, 4.69) is 15.6 Å². The maximum absolute atomic E-state index is 12.9. The molecular formula is C19H19ClN3OS+. The van der Waals surface area contributed by atoms with Gasteiger partial charge in [-0.3, -0.25) is 9.79 Å². The zero-order valence-corrected chi connectivity index (χ0v) is 15.5. The second-order valence-corrected chi connectivity index (χ2v) is 6.90. The maximum atomic E-state index is 12.9. The minimum atomic E-state index is -0.246. The number of halogens is 1. The second-order valence-electron chi connectivity index (χ2n) is 5.65. The van der Waals surface area contributed by atoms with E-state index in [1.54, 1.807) is 11.8 Å². The van der Waals surface area contributed by atoms with Crippen molar-refractivity contribution < 1.29 is 9.79 Å². The van der Waals surface area contributed by atoms with E-state index in [9.17, 15) is 4.79 Å². The Morgan fingerprint density at radius 1 is 1.16 bits per heavy atom. The Labute approximate surface area is 156 Å². The van der Waals surface area contributed by atoms with Crippen LogP contribution in [0.15, 0.2) is 65.9 Å². The topological polar surface area (TPSA) is 55.1 Å². The highest BCUT2D eigenvalue weighted by molar-refractivity contribution is 8.12. The van der Waals surface area contributed by atoms with Crippen LogP contribution in [-0.2, 0) is 4.79 Å². The van der Waals surface area contributed by atoms with E-state index in [0.717, 1.165) is 22.1 Å². The molecule has 2 aromatic carbocycles. The number of hydrogen-bond acceptors (Lipinski definition) is 3. The van der Waals surface area contributed by atoms with E-state index >= 15 is 0 Å². The van der Waals surface area contributed by atoms with Gasteiger partial charge in [0.25, 0.3) is 5.91 Å². The largest absolute Gasteiger partial charge is 0.322 e. The molecule has 0 spiro atoms. The number of benzene rings is 2. The first-order valence-corrected chi connectivity index (χ1v) is 9.46. The number of para-hydroxylation sites is 1. The lowest BCUT2D eigenvalue weighted by Crippen LogP contribution is -2.79. The SMILES string of the molecule is CSC1=[NH+]C(c2ccc(Cl)cc2)C(C(=O)Nc2ccccc2)=C(C)N1. The fourth-order valence-electron chi connectivity index (χ4n) is 2.73. The van der Waals surface area contributed by atoms with Crippen molar-refractivity contribution in [1.29, 1.82) is 0 Å². The molecule has 25 heavy (non-hydrogen) atoms. The summed E-state index contributed by atoms with van der Waals surface area (Å²) in [6, 6.07) is 16.7. The zero-order chi connectivity index (χ0) is 17.8. The van der Waals surface area contributed by atoms with Crippen LogP contribution < -0.4 is 15.6 Å². The van der Waals surface area contributed by atoms with Crippen LogP contribution in [0.5, 0.6) is 0 Å². The number of anilines is 1. The lowest BCUT2D eigenvalue weighted by atomic mass is 9.96. The first-order valence-electron chi connectivity index (χ1n) is 7.85. The van der Waals surface area contributed by atoms with Gasteiger partial charge in [0.1, 0.15) is 11.3 Å². The number of thioether (sulfide) groups is 1. The minimum Gasteiger partial charge on any atom is -0.322 e. The van der Waals surface area contributed by atoms with Crippen molar-refractivity contribution in [2.45, 2.75) is 13.0 Å². The molecule has 0 aromatic heterocycles. The van der Waals surface area contributed by atoms with Gasteiger partial charge < -0.3 is 5.32 Å². The predicted octanol–water partition coefficient (Wildman–Crippen LogP) is 2.70. The Kier molecular flexibility index (Phi) is 5.46. The third kappa shape index (κ3) is 4.06. The second kappa shape index (κ2) is 7.76. The van der Waals surface area contributed by atoms with Gasteiger partial charge in [-0.25, -0.2) is 5.32 Å². The summed E-state index contributed by atoms with van der Waals surface area (Å²) in [5.41, 5.74) is 3.23. The average molecular weight is 373 g/mol. The van der Waals surface area contributed by atoms with E-state index < -0.39 is 0 Å². The summed E-state index contributed by atoms with van der Waals surface area (Å²) in [6.45, 7) is 1.92. The Morgan fingerprint density at radius 2 is 1.84 bits per heavy atom. The van der Waals surface area contributed by atoms with Gasteiger partial charge in [0, 0.05) is 16.3 Å². The number of carbonyl (C=O) groups is 1. The third-order valence-electron chi connectivity index (χ3n) is 3.95. The lowest BCUT2D eigenvalue weighted by Gasteiger charge is -2.21. The van der Waals surface area contributed by atoms with Crippen LogP contribution in [0.1, 0.15) is 18.5 Å². The number of amidine groups is 1. The monoisotopic (exact) mass is 372 g/mol. The van der Waals surface area contributed by atoms with Gasteiger partial charge in [-0.2, -0.15) is 0 Å². The molecule has 1 atom stereocenters. The normalized spacial score (nSPS) is 16.9. The van der Waals surface area contributed by atoms with Crippen molar-refractivity contribution in [1.82, 2.24) is 5.32 Å². The lowest BCUT2D eigenvalue weighted by molar-refractivity contribution is -0.498. The molecule has 0 saturated heterocycles. The molecule has 0 radical (unpaired) electrons. The molecule has 6 heteroatoms. The van der Waals surface area contributed by atoms with E-state index in [1.165, 1.54) is 0 Å². The van der Waals surface area contributed by atoms with Crippen LogP contribution in [0.25, 0.3) is 0 Å². The number of rotatable bonds is 3. The Balaban J connectivity index is 1.96. The number of hydrogen-bond donors (Lipinski definition) is 3. The molecule has 0 aliphatic carbocycles. The van der Waals surface area contributed by atoms with Crippen molar-refractivity contribution in [3.8, 4) is 0 Å². The van der Waals surface area contributed by atoms with Crippen LogP contribution in [0.2, 0.25) is 5.02 Å². The summed E-state index contributed by atoms with van der Waals surface area (Å²) in [7, 11) is 0. The van der Waals surface area contributed by atoms with E-state index in [-0.39, 0.29) is 11.9 Å². The summed E-state index contributed by atoms with van der Waals surface area (Å²) < 4.78 is 0. The van der Waals surface area contributed by atoms with E-state index in [4.69, 9.17) is 11.6 Å². The molecular weight excluding hydrogens is 354 g/mol. The third-order valence-corrected chi connectivity index (χ3v) is 4.83. The highest BCUT2D eigenvalue weighted by Crippen LogP contribution is 2.25. The molecule has 1 heterocycles. The summed E-state index contributed by atoms with van der Waals surface area (Å²) in [5, 5.41) is 7.80.